The lowest BCUT2D eigenvalue weighted by molar-refractivity contribution is -0.144. The van der Waals surface area contributed by atoms with Crippen molar-refractivity contribution in [3.8, 4) is 0 Å². The fraction of sp³-hybridized carbons (Fsp3) is 0.951. The number of carbonyl (C=O) groups excluding carboxylic acids is 4. The normalized spacial score (nSPS) is 11.6. The van der Waals surface area contributed by atoms with Gasteiger partial charge in [-0.15, -0.1) is 0 Å². The standard InChI is InChI=1S/C82H160O10P2S4/c1-5-9-13-17-21-25-29-33-37-41-45-49-53-59-69-87-79(83)65-75-95-93(96-76-66-80(84)88-70-60-54-50-46-42-38-34-30-26-22-18-14-10-6-2)91-73-63-57-58-64-74-92-94(97-77-67-81(85)89-71-61-55-51-47-43-39-35-31-27-23-19-15-11-7-3)98-78-68-82(86)90-72-62-56-52-48-44-40-36-32-28-24-20-16-12-8-4/h5-78H2,1-4H3. The maximum absolute atomic E-state index is 12.8. The number of ether oxygens (including phenoxy) is 4. The summed E-state index contributed by atoms with van der Waals surface area (Å²) in [5.41, 5.74) is 0. The van der Waals surface area contributed by atoms with Crippen molar-refractivity contribution >= 4 is 82.5 Å². The number of hydrogen-bond donors (Lipinski definition) is 0. The number of rotatable bonds is 85. The van der Waals surface area contributed by atoms with Crippen LogP contribution in [0.25, 0.3) is 0 Å². The first-order chi connectivity index (χ1) is 48.4. The van der Waals surface area contributed by atoms with Crippen LogP contribution in [0.2, 0.25) is 0 Å². The second-order valence-electron chi connectivity index (χ2n) is 28.1. The molecule has 0 aliphatic heterocycles. The molecule has 0 atom stereocenters. The minimum atomic E-state index is -0.947. The predicted molar refractivity (Wildman–Crippen MR) is 438 cm³/mol. The van der Waals surface area contributed by atoms with E-state index in [1.165, 1.54) is 308 Å². The summed E-state index contributed by atoms with van der Waals surface area (Å²) in [6, 6.07) is 0. The first-order valence-corrected chi connectivity index (χ1v) is 51.2. The minimum Gasteiger partial charge on any atom is -0.466 e. The summed E-state index contributed by atoms with van der Waals surface area (Å²) in [4.78, 5) is 51.1. The van der Waals surface area contributed by atoms with Gasteiger partial charge in [-0.25, -0.2) is 0 Å². The second kappa shape index (κ2) is 86.0. The van der Waals surface area contributed by atoms with Crippen molar-refractivity contribution in [2.45, 2.75) is 439 Å². The van der Waals surface area contributed by atoms with Crippen molar-refractivity contribution in [1.82, 2.24) is 0 Å². The average molecular weight is 1500 g/mol. The Hall–Kier alpha value is 0.0600. The van der Waals surface area contributed by atoms with Gasteiger partial charge in [0, 0.05) is 23.0 Å². The third kappa shape index (κ3) is 81.7. The Bertz CT molecular complexity index is 1410. The van der Waals surface area contributed by atoms with Crippen LogP contribution in [0.1, 0.15) is 439 Å². The van der Waals surface area contributed by atoms with Crippen molar-refractivity contribution in [3.05, 3.63) is 0 Å². The van der Waals surface area contributed by atoms with E-state index in [1.807, 2.05) is 0 Å². The molecule has 0 amide bonds. The van der Waals surface area contributed by atoms with Gasteiger partial charge in [-0.05, 0) is 38.5 Å². The first-order valence-electron chi connectivity index (χ1n) is 42.4. The summed E-state index contributed by atoms with van der Waals surface area (Å²) in [6.45, 7) is 10.5. The van der Waals surface area contributed by atoms with E-state index in [-0.39, 0.29) is 23.9 Å². The SMILES string of the molecule is CCCCCCCCCCCCCCCCOC(=O)CCSP(OCCCCCCOP(SCCC(=O)OCCCCCCCCCCCCCCCC)SCCC(=O)OCCCCCCCCCCCCCCCC)SCCC(=O)OCCCCCCCCCCCCCCCC. The van der Waals surface area contributed by atoms with E-state index in [0.29, 0.717) is 88.3 Å². The molecule has 0 saturated carbocycles. The van der Waals surface area contributed by atoms with E-state index in [9.17, 15) is 19.2 Å². The Morgan fingerprint density at radius 2 is 0.327 bits per heavy atom. The Morgan fingerprint density at radius 1 is 0.194 bits per heavy atom. The van der Waals surface area contributed by atoms with Crippen molar-refractivity contribution in [2.75, 3.05) is 62.7 Å². The summed E-state index contributed by atoms with van der Waals surface area (Å²) in [7, 11) is 0. The lowest BCUT2D eigenvalue weighted by Gasteiger charge is -2.17. The third-order valence-electron chi connectivity index (χ3n) is 18.5. The molecule has 0 aromatic rings. The monoisotopic (exact) mass is 1500 g/mol. The molecule has 0 unspecified atom stereocenters. The van der Waals surface area contributed by atoms with Gasteiger partial charge in [0.1, 0.15) is 0 Å². The highest BCUT2D eigenvalue weighted by Crippen LogP contribution is 2.63. The molecule has 582 valence electrons. The molecule has 0 rings (SSSR count). The Morgan fingerprint density at radius 3 is 0.480 bits per heavy atom. The van der Waals surface area contributed by atoms with E-state index in [2.05, 4.69) is 27.7 Å². The van der Waals surface area contributed by atoms with Crippen LogP contribution in [0.4, 0.5) is 0 Å². The van der Waals surface area contributed by atoms with Gasteiger partial charge in [-0.2, -0.15) is 0 Å². The number of hydrogen-bond acceptors (Lipinski definition) is 14. The molecule has 0 heterocycles. The van der Waals surface area contributed by atoms with Crippen LogP contribution < -0.4 is 0 Å². The molecule has 16 heteroatoms. The van der Waals surface area contributed by atoms with Gasteiger partial charge in [0.2, 0.25) is 0 Å². The zero-order valence-corrected chi connectivity index (χ0v) is 70.0. The molecule has 10 nitrogen and oxygen atoms in total. The number of esters is 4. The molecular weight excluding hydrogens is 1340 g/mol. The van der Waals surface area contributed by atoms with Gasteiger partial charge in [-0.3, -0.25) is 19.2 Å². The van der Waals surface area contributed by atoms with E-state index < -0.39 is 13.1 Å². The number of carbonyl (C=O) groups is 4. The van der Waals surface area contributed by atoms with Crippen LogP contribution in [0, 0.1) is 0 Å². The zero-order valence-electron chi connectivity index (χ0n) is 64.9. The van der Waals surface area contributed by atoms with Gasteiger partial charge in [-0.1, -0.05) is 420 Å². The highest BCUT2D eigenvalue weighted by Gasteiger charge is 2.17. The van der Waals surface area contributed by atoms with Gasteiger partial charge < -0.3 is 28.0 Å². The second-order valence-corrected chi connectivity index (χ2v) is 40.7. The van der Waals surface area contributed by atoms with Crippen LogP contribution in [-0.4, -0.2) is 86.5 Å². The van der Waals surface area contributed by atoms with Crippen LogP contribution >= 0.6 is 58.6 Å². The van der Waals surface area contributed by atoms with Crippen molar-refractivity contribution in [1.29, 1.82) is 0 Å². The zero-order chi connectivity index (χ0) is 70.9. The number of unbranched alkanes of at least 4 members (excludes halogenated alkanes) is 55. The summed E-state index contributed by atoms with van der Waals surface area (Å²) in [6.07, 6.45) is 78.2. The van der Waals surface area contributed by atoms with Crippen molar-refractivity contribution < 1.29 is 47.2 Å². The molecule has 0 radical (unpaired) electrons. The fourth-order valence-corrected chi connectivity index (χ4v) is 23.9. The lowest BCUT2D eigenvalue weighted by atomic mass is 10.0. The van der Waals surface area contributed by atoms with Gasteiger partial charge in [0.15, 0.2) is 13.1 Å². The molecule has 0 bridgehead atoms. The summed E-state index contributed by atoms with van der Waals surface area (Å²) < 4.78 is 35.6. The van der Waals surface area contributed by atoms with Crippen molar-refractivity contribution in [2.24, 2.45) is 0 Å². The highest BCUT2D eigenvalue weighted by atomic mass is 33.1. The molecule has 98 heavy (non-hydrogen) atoms. The molecule has 0 aromatic carbocycles. The van der Waals surface area contributed by atoms with Gasteiger partial charge >= 0.3 is 23.9 Å². The first kappa shape index (κ1) is 98.1. The van der Waals surface area contributed by atoms with E-state index in [4.69, 9.17) is 28.0 Å². The molecule has 0 aliphatic rings. The van der Waals surface area contributed by atoms with E-state index >= 15 is 0 Å². The van der Waals surface area contributed by atoms with Crippen LogP contribution in [-0.2, 0) is 47.2 Å². The molecule has 0 aromatic heterocycles. The maximum atomic E-state index is 12.8. The third-order valence-corrected chi connectivity index (χ3v) is 31.4. The molecule has 0 fully saturated rings. The van der Waals surface area contributed by atoms with Gasteiger partial charge in [0.25, 0.3) is 0 Å². The largest absolute Gasteiger partial charge is 0.466 e. The lowest BCUT2D eigenvalue weighted by Crippen LogP contribution is -2.07. The summed E-state index contributed by atoms with van der Waals surface area (Å²) in [5.74, 6) is 2.00. The van der Waals surface area contributed by atoms with E-state index in [1.54, 1.807) is 45.5 Å². The smallest absolute Gasteiger partial charge is 0.306 e. The Kier molecular flexibility index (Phi) is 86.0. The molecular formula is C82H160O10P2S4. The topological polar surface area (TPSA) is 124 Å². The predicted octanol–water partition coefficient (Wildman–Crippen LogP) is 29.6. The minimum absolute atomic E-state index is 0.136. The molecule has 0 saturated heterocycles. The van der Waals surface area contributed by atoms with Crippen LogP contribution in [0.5, 0.6) is 0 Å². The fourth-order valence-electron chi connectivity index (χ4n) is 12.1. The quantitative estimate of drug-likeness (QED) is 0.0248. The van der Waals surface area contributed by atoms with Crippen molar-refractivity contribution in [3.63, 3.8) is 0 Å². The Labute approximate surface area is 626 Å². The summed E-state index contributed by atoms with van der Waals surface area (Å²) in [5, 5.41) is 0. The highest BCUT2D eigenvalue weighted by molar-refractivity contribution is 8.87. The molecule has 0 aliphatic carbocycles. The van der Waals surface area contributed by atoms with Gasteiger partial charge in [0.05, 0.1) is 65.3 Å². The average Bonchev–Trinajstić information content (AvgIpc) is 2.97. The molecule has 0 N–H and O–H groups in total. The summed E-state index contributed by atoms with van der Waals surface area (Å²) >= 11 is 6.77. The maximum Gasteiger partial charge on any atom is 0.306 e. The van der Waals surface area contributed by atoms with Crippen LogP contribution in [0.3, 0.4) is 0 Å². The van der Waals surface area contributed by atoms with E-state index in [0.717, 1.165) is 77.0 Å². The molecule has 0 spiro atoms. The Balaban J connectivity index is 4.95. The van der Waals surface area contributed by atoms with Crippen LogP contribution in [0.15, 0.2) is 0 Å².